The third-order valence-electron chi connectivity index (χ3n) is 6.10. The zero-order chi connectivity index (χ0) is 22.7. The van der Waals surface area contributed by atoms with Gasteiger partial charge in [-0.25, -0.2) is 4.79 Å². The molecule has 5 heteroatoms. The van der Waals surface area contributed by atoms with Gasteiger partial charge in [0.15, 0.2) is 0 Å². The van der Waals surface area contributed by atoms with E-state index in [1.54, 1.807) is 6.07 Å². The first-order valence-electron chi connectivity index (χ1n) is 10.4. The van der Waals surface area contributed by atoms with Gasteiger partial charge in [0.05, 0.1) is 16.7 Å². The molecule has 0 aliphatic rings. The van der Waals surface area contributed by atoms with Crippen molar-refractivity contribution >= 4 is 17.6 Å². The lowest BCUT2D eigenvalue weighted by Crippen LogP contribution is -2.32. The second-order valence-electron chi connectivity index (χ2n) is 8.96. The van der Waals surface area contributed by atoms with Crippen molar-refractivity contribution in [3.05, 3.63) is 63.7 Å². The van der Waals surface area contributed by atoms with Crippen molar-refractivity contribution in [3.8, 4) is 5.75 Å². The van der Waals surface area contributed by atoms with Crippen LogP contribution < -0.4 is 4.74 Å². The molecule has 0 aliphatic carbocycles. The Kier molecular flexibility index (Phi) is 7.59. The average molecular weight is 433 g/mol. The SMILES string of the molecule is CCC(CC)(c1ccc(C(=O)O)c(C)c1)c1ccc(OCC(O)C(C)(C)C)c(Cl)c1. The Morgan fingerprint density at radius 2 is 1.63 bits per heavy atom. The predicted octanol–water partition coefficient (Wildman–Crippen LogP) is 6.24. The Morgan fingerprint density at radius 3 is 2.10 bits per heavy atom. The van der Waals surface area contributed by atoms with E-state index in [1.807, 2.05) is 58.0 Å². The molecule has 4 nitrogen and oxygen atoms in total. The van der Waals surface area contributed by atoms with E-state index in [2.05, 4.69) is 13.8 Å². The number of hydrogen-bond donors (Lipinski definition) is 2. The van der Waals surface area contributed by atoms with Crippen LogP contribution in [0.25, 0.3) is 0 Å². The maximum Gasteiger partial charge on any atom is 0.335 e. The lowest BCUT2D eigenvalue weighted by Gasteiger charge is -2.34. The first-order valence-corrected chi connectivity index (χ1v) is 10.8. The molecule has 2 aromatic carbocycles. The number of carboxylic acids is 1. The number of hydrogen-bond acceptors (Lipinski definition) is 3. The average Bonchev–Trinajstić information content (AvgIpc) is 2.67. The molecule has 0 heterocycles. The predicted molar refractivity (Wildman–Crippen MR) is 122 cm³/mol. The summed E-state index contributed by atoms with van der Waals surface area (Å²) in [6.07, 6.45) is 1.08. The summed E-state index contributed by atoms with van der Waals surface area (Å²) in [6.45, 7) is 12.1. The topological polar surface area (TPSA) is 66.8 Å². The molecule has 30 heavy (non-hydrogen) atoms. The molecule has 0 amide bonds. The molecule has 0 radical (unpaired) electrons. The van der Waals surface area contributed by atoms with Gasteiger partial charge in [0.2, 0.25) is 0 Å². The molecule has 0 saturated heterocycles. The maximum atomic E-state index is 11.4. The lowest BCUT2D eigenvalue weighted by atomic mass is 9.70. The van der Waals surface area contributed by atoms with Crippen molar-refractivity contribution in [2.45, 2.75) is 65.9 Å². The third-order valence-corrected chi connectivity index (χ3v) is 6.39. The largest absolute Gasteiger partial charge is 0.489 e. The Hall–Kier alpha value is -2.04. The fourth-order valence-corrected chi connectivity index (χ4v) is 4.00. The van der Waals surface area contributed by atoms with Crippen LogP contribution in [0.5, 0.6) is 5.75 Å². The minimum absolute atomic E-state index is 0.172. The smallest absolute Gasteiger partial charge is 0.335 e. The highest BCUT2D eigenvalue weighted by Crippen LogP contribution is 2.42. The van der Waals surface area contributed by atoms with Gasteiger partial charge in [-0.1, -0.05) is 64.4 Å². The zero-order valence-corrected chi connectivity index (χ0v) is 19.5. The van der Waals surface area contributed by atoms with Crippen LogP contribution in [-0.4, -0.2) is 28.9 Å². The summed E-state index contributed by atoms with van der Waals surface area (Å²) >= 11 is 6.55. The van der Waals surface area contributed by atoms with E-state index in [1.165, 1.54) is 0 Å². The number of carbonyl (C=O) groups is 1. The zero-order valence-electron chi connectivity index (χ0n) is 18.8. The summed E-state index contributed by atoms with van der Waals surface area (Å²) in [4.78, 5) is 11.4. The molecule has 0 aliphatic heterocycles. The maximum absolute atomic E-state index is 11.4. The third kappa shape index (κ3) is 4.98. The molecule has 2 N–H and O–H groups in total. The summed E-state index contributed by atoms with van der Waals surface area (Å²) in [5.74, 6) is -0.373. The summed E-state index contributed by atoms with van der Waals surface area (Å²) in [5.41, 5.74) is 2.64. The van der Waals surface area contributed by atoms with E-state index in [9.17, 15) is 15.0 Å². The van der Waals surface area contributed by atoms with E-state index in [0.29, 0.717) is 16.3 Å². The number of aliphatic hydroxyl groups is 1. The van der Waals surface area contributed by atoms with Gasteiger partial charge in [-0.15, -0.1) is 0 Å². The normalized spacial score (nSPS) is 13.2. The molecule has 0 bridgehead atoms. The first kappa shape index (κ1) is 24.2. The van der Waals surface area contributed by atoms with Gasteiger partial charge in [0.1, 0.15) is 12.4 Å². The van der Waals surface area contributed by atoms with Crippen molar-refractivity contribution in [1.82, 2.24) is 0 Å². The van der Waals surface area contributed by atoms with Gasteiger partial charge in [-0.2, -0.15) is 0 Å². The van der Waals surface area contributed by atoms with Crippen LogP contribution in [0.15, 0.2) is 36.4 Å². The van der Waals surface area contributed by atoms with Gasteiger partial charge in [0.25, 0.3) is 0 Å². The fourth-order valence-electron chi connectivity index (χ4n) is 3.77. The van der Waals surface area contributed by atoms with Crippen LogP contribution in [0.2, 0.25) is 5.02 Å². The second kappa shape index (κ2) is 9.40. The van der Waals surface area contributed by atoms with Gasteiger partial charge in [0, 0.05) is 5.41 Å². The molecule has 2 aromatic rings. The second-order valence-corrected chi connectivity index (χ2v) is 9.37. The Bertz CT molecular complexity index is 895. The molecule has 0 saturated carbocycles. The highest BCUT2D eigenvalue weighted by Gasteiger charge is 2.32. The van der Waals surface area contributed by atoms with E-state index in [0.717, 1.165) is 29.5 Å². The van der Waals surface area contributed by atoms with Crippen LogP contribution in [0.4, 0.5) is 0 Å². The van der Waals surface area contributed by atoms with Gasteiger partial charge < -0.3 is 14.9 Å². The number of carboxylic acid groups (broad SMARTS) is 1. The van der Waals surface area contributed by atoms with E-state index >= 15 is 0 Å². The van der Waals surface area contributed by atoms with Crippen LogP contribution >= 0.6 is 11.6 Å². The van der Waals surface area contributed by atoms with Crippen molar-refractivity contribution < 1.29 is 19.7 Å². The van der Waals surface area contributed by atoms with Crippen molar-refractivity contribution in [3.63, 3.8) is 0 Å². The van der Waals surface area contributed by atoms with E-state index < -0.39 is 12.1 Å². The summed E-state index contributed by atoms with van der Waals surface area (Å²) in [5, 5.41) is 20.1. The number of halogens is 1. The minimum Gasteiger partial charge on any atom is -0.489 e. The van der Waals surface area contributed by atoms with Gasteiger partial charge in [-0.3, -0.25) is 0 Å². The van der Waals surface area contributed by atoms with E-state index in [4.69, 9.17) is 16.3 Å². The summed E-state index contributed by atoms with van der Waals surface area (Å²) in [7, 11) is 0. The van der Waals surface area contributed by atoms with Crippen molar-refractivity contribution in [1.29, 1.82) is 0 Å². The standard InChI is InChI=1S/C25H33ClO4/c1-7-25(8-2,17-9-11-19(23(28)29)16(3)13-17)18-10-12-21(20(26)14-18)30-15-22(27)24(4,5)6/h9-14,22,27H,7-8,15H2,1-6H3,(H,28,29). The van der Waals surface area contributed by atoms with Gasteiger partial charge in [-0.05, 0) is 60.1 Å². The molecule has 164 valence electrons. The minimum atomic E-state index is -0.917. The van der Waals surface area contributed by atoms with Crippen molar-refractivity contribution in [2.75, 3.05) is 6.61 Å². The Morgan fingerprint density at radius 1 is 1.07 bits per heavy atom. The molecule has 1 unspecified atom stereocenters. The summed E-state index contributed by atoms with van der Waals surface area (Å²) < 4.78 is 5.78. The highest BCUT2D eigenvalue weighted by atomic mass is 35.5. The van der Waals surface area contributed by atoms with Gasteiger partial charge >= 0.3 is 5.97 Å². The number of ether oxygens (including phenoxy) is 1. The molecule has 2 rings (SSSR count). The first-order chi connectivity index (χ1) is 14.0. The molecular weight excluding hydrogens is 400 g/mol. The number of aromatic carboxylic acids is 1. The number of aliphatic hydroxyl groups excluding tert-OH is 1. The Labute approximate surface area is 184 Å². The van der Waals surface area contributed by atoms with Crippen molar-refractivity contribution in [2.24, 2.45) is 5.41 Å². The monoisotopic (exact) mass is 432 g/mol. The van der Waals surface area contributed by atoms with Crippen LogP contribution in [0.1, 0.15) is 74.5 Å². The summed E-state index contributed by atoms with van der Waals surface area (Å²) in [6, 6.07) is 11.3. The lowest BCUT2D eigenvalue weighted by molar-refractivity contribution is 0.0218. The molecule has 0 spiro atoms. The van der Waals surface area contributed by atoms with E-state index in [-0.39, 0.29) is 17.4 Å². The Balaban J connectivity index is 2.40. The molecule has 0 fully saturated rings. The molecular formula is C25H33ClO4. The van der Waals surface area contributed by atoms with Crippen LogP contribution in [0.3, 0.4) is 0 Å². The number of benzene rings is 2. The number of aryl methyl sites for hydroxylation is 1. The molecule has 1 atom stereocenters. The van der Waals surface area contributed by atoms with Crippen LogP contribution in [0, 0.1) is 12.3 Å². The highest BCUT2D eigenvalue weighted by molar-refractivity contribution is 6.32. The molecule has 0 aromatic heterocycles. The number of rotatable bonds is 8. The van der Waals surface area contributed by atoms with Crippen LogP contribution in [-0.2, 0) is 5.41 Å². The quantitative estimate of drug-likeness (QED) is 0.518. The fraction of sp³-hybridized carbons (Fsp3) is 0.480.